The minimum absolute atomic E-state index is 0.734. The van der Waals surface area contributed by atoms with Gasteiger partial charge in [-0.15, -0.1) is 0 Å². The van der Waals surface area contributed by atoms with Crippen LogP contribution in [-0.2, 0) is 0 Å². The normalized spacial score (nSPS) is 9.90. The predicted octanol–water partition coefficient (Wildman–Crippen LogP) is 1.25. The van der Waals surface area contributed by atoms with Crippen LogP contribution in [0.15, 0.2) is 10.7 Å². The molecule has 0 unspecified atom stereocenters. The monoisotopic (exact) mass is 195 g/mol. The number of nitrogens with zero attached hydrogens (tertiary/aromatic N) is 1. The zero-order valence-electron chi connectivity index (χ0n) is 5.98. The third-order valence-electron chi connectivity index (χ3n) is 1.48. The Balaban J connectivity index is 3.34. The topological polar surface area (TPSA) is 12.9 Å². The van der Waals surface area contributed by atoms with Crippen molar-refractivity contribution in [3.05, 3.63) is 21.9 Å². The molecule has 0 saturated carbocycles. The second-order valence-corrected chi connectivity index (χ2v) is 3.03. The number of aryl methyl sites for hydroxylation is 1. The number of pyridine rings is 1. The number of aromatic nitrogens is 1. The molecule has 0 amide bonds. The summed E-state index contributed by atoms with van der Waals surface area (Å²) in [5.74, 6) is 0. The summed E-state index contributed by atoms with van der Waals surface area (Å²) in [7, 11) is 5.60. The van der Waals surface area contributed by atoms with E-state index in [0.29, 0.717) is 0 Å². The van der Waals surface area contributed by atoms with Gasteiger partial charge in [-0.2, -0.15) is 0 Å². The Kier molecular flexibility index (Phi) is 2.14. The van der Waals surface area contributed by atoms with Crippen LogP contribution in [0.4, 0.5) is 0 Å². The van der Waals surface area contributed by atoms with Crippen molar-refractivity contribution < 1.29 is 0 Å². The lowest BCUT2D eigenvalue weighted by molar-refractivity contribution is 1.17. The van der Waals surface area contributed by atoms with Crippen LogP contribution >= 0.6 is 15.9 Å². The van der Waals surface area contributed by atoms with Crippen molar-refractivity contribution in [2.45, 2.75) is 13.8 Å². The fourth-order valence-electron chi connectivity index (χ4n) is 0.718. The van der Waals surface area contributed by atoms with Gasteiger partial charge in [-0.3, -0.25) is 4.98 Å². The van der Waals surface area contributed by atoms with Gasteiger partial charge < -0.3 is 0 Å². The molecule has 0 aliphatic heterocycles. The maximum atomic E-state index is 5.60. The Labute approximate surface area is 70.4 Å². The van der Waals surface area contributed by atoms with E-state index in [2.05, 4.69) is 20.9 Å². The molecule has 3 heteroatoms. The van der Waals surface area contributed by atoms with Crippen molar-refractivity contribution in [2.24, 2.45) is 0 Å². The average molecular weight is 196 g/mol. The second kappa shape index (κ2) is 2.75. The number of halogens is 1. The van der Waals surface area contributed by atoms with Crippen molar-refractivity contribution >= 4 is 29.2 Å². The lowest BCUT2D eigenvalue weighted by Gasteiger charge is -2.03. The minimum Gasteiger partial charge on any atom is -0.261 e. The first kappa shape index (κ1) is 7.80. The molecular weight excluding hydrogens is 189 g/mol. The first-order valence-electron chi connectivity index (χ1n) is 3.00. The molecule has 0 bridgehead atoms. The van der Waals surface area contributed by atoms with Crippen LogP contribution in [0.5, 0.6) is 0 Å². The fraction of sp³-hybridized carbons (Fsp3) is 0.286. The zero-order chi connectivity index (χ0) is 7.72. The maximum Gasteiger partial charge on any atom is 0.116 e. The van der Waals surface area contributed by atoms with Gasteiger partial charge in [0.15, 0.2) is 0 Å². The first-order chi connectivity index (χ1) is 4.63. The van der Waals surface area contributed by atoms with Crippen LogP contribution in [0.3, 0.4) is 0 Å². The van der Waals surface area contributed by atoms with Gasteiger partial charge in [-0.25, -0.2) is 0 Å². The van der Waals surface area contributed by atoms with Gasteiger partial charge in [-0.1, -0.05) is 5.46 Å². The van der Waals surface area contributed by atoms with Crippen LogP contribution in [0.2, 0.25) is 0 Å². The Morgan fingerprint density at radius 3 is 2.60 bits per heavy atom. The highest BCUT2D eigenvalue weighted by Gasteiger charge is 2.00. The molecule has 1 nitrogen and oxygen atoms in total. The van der Waals surface area contributed by atoms with E-state index in [1.54, 1.807) is 6.20 Å². The smallest absolute Gasteiger partial charge is 0.116 e. The quantitative estimate of drug-likeness (QED) is 0.569. The lowest BCUT2D eigenvalue weighted by atomic mass is 9.93. The summed E-state index contributed by atoms with van der Waals surface area (Å²) in [5, 5.41) is 0. The molecule has 0 saturated heterocycles. The largest absolute Gasteiger partial charge is 0.261 e. The van der Waals surface area contributed by atoms with E-state index in [1.165, 1.54) is 0 Å². The molecule has 0 atom stereocenters. The summed E-state index contributed by atoms with van der Waals surface area (Å²) in [6, 6.07) is 0. The molecule has 50 valence electrons. The number of rotatable bonds is 0. The third-order valence-corrected chi connectivity index (χ3v) is 2.65. The lowest BCUT2D eigenvalue weighted by Crippen LogP contribution is -2.09. The zero-order valence-corrected chi connectivity index (χ0v) is 7.57. The fourth-order valence-corrected chi connectivity index (χ4v) is 1.05. The van der Waals surface area contributed by atoms with E-state index in [0.717, 1.165) is 21.2 Å². The van der Waals surface area contributed by atoms with Crippen LogP contribution in [0, 0.1) is 13.8 Å². The van der Waals surface area contributed by atoms with E-state index in [1.807, 2.05) is 13.8 Å². The van der Waals surface area contributed by atoms with Crippen molar-refractivity contribution in [3.63, 3.8) is 0 Å². The standard InChI is InChI=1S/C7H7BBrN/c1-4-6(8)3-10-5(2)7(4)9/h3H,1-2H3. The molecule has 1 aromatic heterocycles. The predicted molar refractivity (Wildman–Crippen MR) is 46.8 cm³/mol. The van der Waals surface area contributed by atoms with Crippen molar-refractivity contribution in [1.82, 2.24) is 4.98 Å². The maximum absolute atomic E-state index is 5.60. The molecule has 1 aromatic rings. The summed E-state index contributed by atoms with van der Waals surface area (Å²) >= 11 is 3.39. The van der Waals surface area contributed by atoms with Crippen molar-refractivity contribution in [1.29, 1.82) is 0 Å². The summed E-state index contributed by atoms with van der Waals surface area (Å²) in [4.78, 5) is 4.07. The highest BCUT2D eigenvalue weighted by Crippen LogP contribution is 2.15. The Bertz CT molecular complexity index is 233. The molecule has 0 aliphatic rings. The molecule has 0 N–H and O–H groups in total. The Hall–Kier alpha value is -0.305. The third kappa shape index (κ3) is 1.24. The Morgan fingerprint density at radius 2 is 2.10 bits per heavy atom. The Morgan fingerprint density at radius 1 is 1.50 bits per heavy atom. The van der Waals surface area contributed by atoms with Crippen molar-refractivity contribution in [2.75, 3.05) is 0 Å². The van der Waals surface area contributed by atoms with Crippen LogP contribution in [0.25, 0.3) is 0 Å². The number of hydrogen-bond acceptors (Lipinski definition) is 1. The molecule has 0 fully saturated rings. The first-order valence-corrected chi connectivity index (χ1v) is 3.79. The summed E-state index contributed by atoms with van der Waals surface area (Å²) in [5.41, 5.74) is 2.77. The van der Waals surface area contributed by atoms with Gasteiger partial charge in [-0.05, 0) is 35.3 Å². The van der Waals surface area contributed by atoms with Gasteiger partial charge in [0.05, 0.1) is 5.69 Å². The van der Waals surface area contributed by atoms with Gasteiger partial charge >= 0.3 is 0 Å². The van der Waals surface area contributed by atoms with E-state index < -0.39 is 0 Å². The van der Waals surface area contributed by atoms with Crippen molar-refractivity contribution in [3.8, 4) is 0 Å². The molecule has 2 radical (unpaired) electrons. The van der Waals surface area contributed by atoms with Gasteiger partial charge in [0.2, 0.25) is 0 Å². The SMILES string of the molecule is [B]c1cnc(C)c(Br)c1C. The van der Waals surface area contributed by atoms with E-state index in [4.69, 9.17) is 7.85 Å². The van der Waals surface area contributed by atoms with Crippen LogP contribution < -0.4 is 5.46 Å². The highest BCUT2D eigenvalue weighted by molar-refractivity contribution is 9.10. The summed E-state index contributed by atoms with van der Waals surface area (Å²) < 4.78 is 1.01. The summed E-state index contributed by atoms with van der Waals surface area (Å²) in [6.07, 6.45) is 1.68. The van der Waals surface area contributed by atoms with Gasteiger partial charge in [0.1, 0.15) is 7.85 Å². The van der Waals surface area contributed by atoms with Gasteiger partial charge in [0.25, 0.3) is 0 Å². The van der Waals surface area contributed by atoms with Crippen LogP contribution in [-0.4, -0.2) is 12.8 Å². The molecule has 1 heterocycles. The van der Waals surface area contributed by atoms with E-state index in [9.17, 15) is 0 Å². The van der Waals surface area contributed by atoms with Gasteiger partial charge in [0, 0.05) is 10.7 Å². The molecule has 10 heavy (non-hydrogen) atoms. The second-order valence-electron chi connectivity index (χ2n) is 2.24. The molecular formula is C7H7BBrN. The minimum atomic E-state index is 0.734. The highest BCUT2D eigenvalue weighted by atomic mass is 79.9. The van der Waals surface area contributed by atoms with Crippen LogP contribution in [0.1, 0.15) is 11.3 Å². The van der Waals surface area contributed by atoms with E-state index >= 15 is 0 Å². The number of hydrogen-bond donors (Lipinski definition) is 0. The molecule has 0 aliphatic carbocycles. The molecule has 0 aromatic carbocycles. The van der Waals surface area contributed by atoms with E-state index in [-0.39, 0.29) is 0 Å². The molecule has 1 rings (SSSR count). The average Bonchev–Trinajstić information content (AvgIpc) is 1.93. The summed E-state index contributed by atoms with van der Waals surface area (Å²) in [6.45, 7) is 3.91. The molecule has 0 spiro atoms.